The Kier molecular flexibility index (Phi) is 4.55. The minimum atomic E-state index is -0.819. The van der Waals surface area contributed by atoms with Crippen molar-refractivity contribution >= 4 is 15.9 Å². The van der Waals surface area contributed by atoms with Crippen LogP contribution in [-0.2, 0) is 12.1 Å². The van der Waals surface area contributed by atoms with Crippen molar-refractivity contribution < 1.29 is 8.78 Å². The van der Waals surface area contributed by atoms with Crippen LogP contribution in [0.2, 0.25) is 0 Å². The number of hydrogen-bond acceptors (Lipinski definition) is 1. The van der Waals surface area contributed by atoms with Crippen LogP contribution in [0, 0.1) is 11.6 Å². The van der Waals surface area contributed by atoms with Crippen molar-refractivity contribution in [3.63, 3.8) is 0 Å². The summed E-state index contributed by atoms with van der Waals surface area (Å²) in [4.78, 5) is 0. The lowest BCUT2D eigenvalue weighted by atomic mass is 9.94. The van der Waals surface area contributed by atoms with E-state index in [-0.39, 0.29) is 5.54 Å². The zero-order chi connectivity index (χ0) is 14.8. The molecule has 20 heavy (non-hydrogen) atoms. The molecule has 0 fully saturated rings. The third-order valence-corrected chi connectivity index (χ3v) is 3.81. The third kappa shape index (κ3) is 3.64. The summed E-state index contributed by atoms with van der Waals surface area (Å²) in [6.45, 7) is 4.58. The fourth-order valence-electron chi connectivity index (χ4n) is 1.94. The van der Waals surface area contributed by atoms with Crippen LogP contribution in [-0.4, -0.2) is 0 Å². The van der Waals surface area contributed by atoms with Gasteiger partial charge in [-0.25, -0.2) is 8.78 Å². The van der Waals surface area contributed by atoms with Crippen LogP contribution in [0.1, 0.15) is 25.0 Å². The first-order valence-electron chi connectivity index (χ1n) is 6.33. The molecule has 0 aliphatic heterocycles. The first-order valence-corrected chi connectivity index (χ1v) is 7.13. The molecule has 106 valence electrons. The van der Waals surface area contributed by atoms with E-state index in [1.54, 1.807) is 6.07 Å². The molecule has 2 aromatic carbocycles. The van der Waals surface area contributed by atoms with Crippen molar-refractivity contribution in [2.45, 2.75) is 25.9 Å². The van der Waals surface area contributed by atoms with E-state index in [1.807, 2.05) is 24.3 Å². The molecule has 0 saturated carbocycles. The van der Waals surface area contributed by atoms with Gasteiger partial charge < -0.3 is 5.32 Å². The molecule has 1 N–H and O–H groups in total. The Morgan fingerprint density at radius 1 is 1.00 bits per heavy atom. The molecule has 0 aliphatic carbocycles. The van der Waals surface area contributed by atoms with Crippen LogP contribution in [0.25, 0.3) is 0 Å². The molecule has 0 heterocycles. The van der Waals surface area contributed by atoms with Crippen LogP contribution in [0.5, 0.6) is 0 Å². The van der Waals surface area contributed by atoms with Gasteiger partial charge in [0, 0.05) is 16.6 Å². The topological polar surface area (TPSA) is 12.0 Å². The van der Waals surface area contributed by atoms with Gasteiger partial charge in [-0.2, -0.15) is 0 Å². The van der Waals surface area contributed by atoms with E-state index in [2.05, 4.69) is 35.1 Å². The van der Waals surface area contributed by atoms with Gasteiger partial charge in [0.15, 0.2) is 11.6 Å². The van der Waals surface area contributed by atoms with E-state index in [1.165, 1.54) is 6.07 Å². The predicted octanol–water partition coefficient (Wildman–Crippen LogP) is 4.75. The molecular formula is C16H16BrF2N. The molecule has 0 radical (unpaired) electrons. The molecule has 0 amide bonds. The first kappa shape index (κ1) is 15.1. The Morgan fingerprint density at radius 3 is 2.25 bits per heavy atom. The second-order valence-electron chi connectivity index (χ2n) is 5.23. The normalized spacial score (nSPS) is 11.7. The highest BCUT2D eigenvalue weighted by atomic mass is 79.9. The Labute approximate surface area is 126 Å². The zero-order valence-corrected chi connectivity index (χ0v) is 13.0. The largest absolute Gasteiger partial charge is 0.304 e. The average molecular weight is 340 g/mol. The number of hydrogen-bond donors (Lipinski definition) is 1. The van der Waals surface area contributed by atoms with E-state index in [0.717, 1.165) is 16.1 Å². The van der Waals surface area contributed by atoms with E-state index < -0.39 is 11.6 Å². The summed E-state index contributed by atoms with van der Waals surface area (Å²) in [6, 6.07) is 12.0. The Hall–Kier alpha value is -1.26. The molecule has 0 bridgehead atoms. The summed E-state index contributed by atoms with van der Waals surface area (Å²) in [5.74, 6) is -1.63. The monoisotopic (exact) mass is 339 g/mol. The third-order valence-electron chi connectivity index (χ3n) is 3.28. The minimum Gasteiger partial charge on any atom is -0.304 e. The van der Waals surface area contributed by atoms with Gasteiger partial charge in [0.1, 0.15) is 0 Å². The molecule has 0 unspecified atom stereocenters. The second-order valence-corrected chi connectivity index (χ2v) is 6.15. The SMILES string of the molecule is CC(C)(NCc1ccc(F)c(F)c1)c1ccc(Br)cc1. The van der Waals surface area contributed by atoms with Crippen molar-refractivity contribution in [1.82, 2.24) is 5.32 Å². The smallest absolute Gasteiger partial charge is 0.159 e. The number of benzene rings is 2. The maximum absolute atomic E-state index is 13.2. The second kappa shape index (κ2) is 6.02. The summed E-state index contributed by atoms with van der Waals surface area (Å²) in [6.07, 6.45) is 0. The van der Waals surface area contributed by atoms with Crippen molar-refractivity contribution in [3.8, 4) is 0 Å². The lowest BCUT2D eigenvalue weighted by Crippen LogP contribution is -2.35. The molecule has 2 rings (SSSR count). The van der Waals surface area contributed by atoms with Crippen molar-refractivity contribution in [2.24, 2.45) is 0 Å². The average Bonchev–Trinajstić information content (AvgIpc) is 2.41. The van der Waals surface area contributed by atoms with Gasteiger partial charge in [0.2, 0.25) is 0 Å². The number of rotatable bonds is 4. The van der Waals surface area contributed by atoms with Gasteiger partial charge in [-0.3, -0.25) is 0 Å². The molecule has 0 saturated heterocycles. The number of nitrogens with one attached hydrogen (secondary N) is 1. The molecule has 0 aromatic heterocycles. The highest BCUT2D eigenvalue weighted by Gasteiger charge is 2.19. The van der Waals surface area contributed by atoms with Crippen molar-refractivity contribution in [2.75, 3.05) is 0 Å². The standard InChI is InChI=1S/C16H16BrF2N/c1-16(2,12-4-6-13(17)7-5-12)20-10-11-3-8-14(18)15(19)9-11/h3-9,20H,10H2,1-2H3. The summed E-state index contributed by atoms with van der Waals surface area (Å²) in [5, 5.41) is 3.35. The molecule has 0 aliphatic rings. The van der Waals surface area contributed by atoms with Gasteiger partial charge in [0.05, 0.1) is 0 Å². The Balaban J connectivity index is 2.08. The zero-order valence-electron chi connectivity index (χ0n) is 11.4. The van der Waals surface area contributed by atoms with E-state index >= 15 is 0 Å². The van der Waals surface area contributed by atoms with E-state index in [4.69, 9.17) is 0 Å². The predicted molar refractivity (Wildman–Crippen MR) is 80.4 cm³/mol. The van der Waals surface area contributed by atoms with Crippen molar-refractivity contribution in [3.05, 3.63) is 69.7 Å². The highest BCUT2D eigenvalue weighted by Crippen LogP contribution is 2.22. The van der Waals surface area contributed by atoms with Crippen LogP contribution in [0.15, 0.2) is 46.9 Å². The first-order chi connectivity index (χ1) is 9.38. The Morgan fingerprint density at radius 2 is 1.65 bits per heavy atom. The lowest BCUT2D eigenvalue weighted by molar-refractivity contribution is 0.400. The summed E-state index contributed by atoms with van der Waals surface area (Å²) in [7, 11) is 0. The molecular weight excluding hydrogens is 324 g/mol. The van der Waals surface area contributed by atoms with Gasteiger partial charge in [0.25, 0.3) is 0 Å². The lowest BCUT2D eigenvalue weighted by Gasteiger charge is -2.27. The van der Waals surface area contributed by atoms with E-state index in [9.17, 15) is 8.78 Å². The summed E-state index contributed by atoms with van der Waals surface area (Å²) < 4.78 is 27.1. The van der Waals surface area contributed by atoms with Crippen molar-refractivity contribution in [1.29, 1.82) is 0 Å². The van der Waals surface area contributed by atoms with Gasteiger partial charge in [-0.15, -0.1) is 0 Å². The maximum Gasteiger partial charge on any atom is 0.159 e. The minimum absolute atomic E-state index is 0.258. The maximum atomic E-state index is 13.2. The summed E-state index contributed by atoms with van der Waals surface area (Å²) in [5.41, 5.74) is 1.59. The highest BCUT2D eigenvalue weighted by molar-refractivity contribution is 9.10. The van der Waals surface area contributed by atoms with Gasteiger partial charge in [-0.1, -0.05) is 34.1 Å². The molecule has 1 nitrogen and oxygen atoms in total. The fourth-order valence-corrected chi connectivity index (χ4v) is 2.21. The Bertz CT molecular complexity index is 594. The summed E-state index contributed by atoms with van der Waals surface area (Å²) >= 11 is 3.41. The number of halogens is 3. The van der Waals surface area contributed by atoms with Crippen LogP contribution in [0.3, 0.4) is 0 Å². The fraction of sp³-hybridized carbons (Fsp3) is 0.250. The molecule has 4 heteroatoms. The van der Waals surface area contributed by atoms with Crippen LogP contribution < -0.4 is 5.32 Å². The molecule has 2 aromatic rings. The van der Waals surface area contributed by atoms with E-state index in [0.29, 0.717) is 12.1 Å². The van der Waals surface area contributed by atoms with Crippen LogP contribution in [0.4, 0.5) is 8.78 Å². The van der Waals surface area contributed by atoms with Crippen LogP contribution >= 0.6 is 15.9 Å². The quantitative estimate of drug-likeness (QED) is 0.847. The van der Waals surface area contributed by atoms with Gasteiger partial charge in [-0.05, 0) is 49.2 Å². The van der Waals surface area contributed by atoms with Gasteiger partial charge >= 0.3 is 0 Å². The molecule has 0 atom stereocenters. The molecule has 0 spiro atoms.